The van der Waals surface area contributed by atoms with Crippen molar-refractivity contribution in [2.75, 3.05) is 28.7 Å². The van der Waals surface area contributed by atoms with Crippen LogP contribution in [0, 0.1) is 0 Å². The summed E-state index contributed by atoms with van der Waals surface area (Å²) in [6.45, 7) is 7.83. The molecule has 15 heteroatoms. The summed E-state index contributed by atoms with van der Waals surface area (Å²) in [5.74, 6) is -1.66. The fourth-order valence-electron chi connectivity index (χ4n) is 4.47. The highest BCUT2D eigenvalue weighted by molar-refractivity contribution is 5.94. The molecule has 4 aromatic rings. The minimum absolute atomic E-state index is 0.0440. The third-order valence-electron chi connectivity index (χ3n) is 6.38. The van der Waals surface area contributed by atoms with Crippen LogP contribution in [0.2, 0.25) is 0 Å². The van der Waals surface area contributed by atoms with Gasteiger partial charge in [0.25, 0.3) is 0 Å². The molecule has 48 heavy (non-hydrogen) atoms. The van der Waals surface area contributed by atoms with Crippen molar-refractivity contribution in [1.29, 1.82) is 0 Å². The molecule has 12 nitrogen and oxygen atoms in total. The molecule has 3 aromatic carbocycles. The van der Waals surface area contributed by atoms with E-state index in [4.69, 9.17) is 30.8 Å². The number of carboxylic acids is 1. The smallest absolute Gasteiger partial charge is 0.490 e. The molecule has 4 rings (SSSR count). The number of carbonyl (C=O) groups excluding carboxylic acids is 2. The van der Waals surface area contributed by atoms with Gasteiger partial charge in [0.05, 0.1) is 12.7 Å². The lowest BCUT2D eigenvalue weighted by Gasteiger charge is -2.22. The summed E-state index contributed by atoms with van der Waals surface area (Å²) in [6.07, 6.45) is -3.48. The first-order valence-electron chi connectivity index (χ1n) is 14.7. The van der Waals surface area contributed by atoms with Gasteiger partial charge in [-0.25, -0.2) is 9.78 Å². The van der Waals surface area contributed by atoms with Crippen LogP contribution in [-0.2, 0) is 20.9 Å². The molecule has 1 heterocycles. The molecule has 0 bridgehead atoms. The summed E-state index contributed by atoms with van der Waals surface area (Å²) in [5, 5.41) is 17.9. The summed E-state index contributed by atoms with van der Waals surface area (Å²) in [5.41, 5.74) is 15.2. The quantitative estimate of drug-likeness (QED) is 0.109. The van der Waals surface area contributed by atoms with Crippen molar-refractivity contribution in [1.82, 2.24) is 10.3 Å². The number of anilines is 4. The average molecular weight is 671 g/mol. The van der Waals surface area contributed by atoms with Crippen LogP contribution in [0.5, 0.6) is 11.5 Å². The number of fused-ring (bicyclic) bond motifs is 1. The molecule has 0 aliphatic rings. The van der Waals surface area contributed by atoms with Gasteiger partial charge in [0.1, 0.15) is 11.9 Å². The van der Waals surface area contributed by atoms with E-state index in [2.05, 4.69) is 20.9 Å². The number of nitrogens with two attached hydrogens (primary N) is 2. The number of aliphatic carboxylic acids is 1. The van der Waals surface area contributed by atoms with E-state index in [1.54, 1.807) is 24.4 Å². The number of pyridine rings is 1. The molecule has 0 saturated carbocycles. The van der Waals surface area contributed by atoms with Crippen LogP contribution in [0.3, 0.4) is 0 Å². The minimum atomic E-state index is -5.08. The Morgan fingerprint density at radius 2 is 1.67 bits per heavy atom. The first kappa shape index (κ1) is 36.7. The highest BCUT2D eigenvalue weighted by Gasteiger charge is 2.38. The highest BCUT2D eigenvalue weighted by atomic mass is 19.4. The maximum Gasteiger partial charge on any atom is 0.490 e. The number of aromatic nitrogens is 1. The van der Waals surface area contributed by atoms with Crippen molar-refractivity contribution in [3.8, 4) is 11.5 Å². The van der Waals surface area contributed by atoms with E-state index in [1.807, 2.05) is 63.2 Å². The van der Waals surface area contributed by atoms with Gasteiger partial charge in [-0.1, -0.05) is 6.07 Å². The molecule has 0 radical (unpaired) electrons. The van der Waals surface area contributed by atoms with E-state index in [0.717, 1.165) is 22.0 Å². The van der Waals surface area contributed by atoms with Gasteiger partial charge in [0, 0.05) is 42.1 Å². The van der Waals surface area contributed by atoms with Crippen molar-refractivity contribution in [3.63, 3.8) is 0 Å². The second-order valence-electron chi connectivity index (χ2n) is 10.7. The largest absolute Gasteiger partial charge is 0.490 e. The maximum absolute atomic E-state index is 13.7. The summed E-state index contributed by atoms with van der Waals surface area (Å²) in [4.78, 5) is 38.3. The Bertz CT molecular complexity index is 1770. The monoisotopic (exact) mass is 670 g/mol. The van der Waals surface area contributed by atoms with E-state index in [-0.39, 0.29) is 24.5 Å². The standard InChI is InChI=1S/C31H36N6O4.C2HF3O2/c1-5-40-28-15-22(6-9-27(28)41-18(2)3)29(37-24-7-8-26-21(14-24)10-11-34-30(26)33)31(39)35-17-20-12-23(32)16-25(13-20)36-19(4)38;3-2(4,5)1(6)7/h6-16,18,29,37H,5,17,32H2,1-4H3,(H2,33,34)(H,35,39)(H,36,38);(H,6,7). The molecular weight excluding hydrogens is 633 g/mol. The number of hydrogen-bond acceptors (Lipinski definition) is 9. The van der Waals surface area contributed by atoms with E-state index < -0.39 is 18.2 Å². The SMILES string of the molecule is CCOc1cc(C(Nc2ccc3c(N)nccc3c2)C(=O)NCc2cc(N)cc(NC(C)=O)c2)ccc1OC(C)C.O=C(O)C(F)(F)F. The zero-order chi connectivity index (χ0) is 35.6. The van der Waals surface area contributed by atoms with Gasteiger partial charge in [-0.2, -0.15) is 13.2 Å². The normalized spacial score (nSPS) is 11.6. The second kappa shape index (κ2) is 16.2. The fraction of sp³-hybridized carbons (Fsp3) is 0.273. The van der Waals surface area contributed by atoms with Crippen molar-refractivity contribution >= 4 is 51.4 Å². The molecule has 8 N–H and O–H groups in total. The number of benzene rings is 3. The van der Waals surface area contributed by atoms with Crippen LogP contribution >= 0.6 is 0 Å². The first-order valence-corrected chi connectivity index (χ1v) is 14.7. The average Bonchev–Trinajstić information content (AvgIpc) is 2.99. The number of rotatable bonds is 11. The number of amides is 2. The second-order valence-corrected chi connectivity index (χ2v) is 10.7. The van der Waals surface area contributed by atoms with Gasteiger partial charge >= 0.3 is 12.1 Å². The number of ether oxygens (including phenoxy) is 2. The maximum atomic E-state index is 13.7. The van der Waals surface area contributed by atoms with Crippen molar-refractivity contribution in [2.24, 2.45) is 0 Å². The Morgan fingerprint density at radius 3 is 2.29 bits per heavy atom. The van der Waals surface area contributed by atoms with Crippen LogP contribution in [0.1, 0.15) is 44.9 Å². The topological polar surface area (TPSA) is 191 Å². The minimum Gasteiger partial charge on any atom is -0.490 e. The number of hydrogen-bond donors (Lipinski definition) is 6. The van der Waals surface area contributed by atoms with E-state index >= 15 is 0 Å². The Hall–Kier alpha value is -5.73. The van der Waals surface area contributed by atoms with Gasteiger partial charge in [-0.15, -0.1) is 0 Å². The molecule has 256 valence electrons. The molecule has 2 amide bonds. The molecule has 1 aromatic heterocycles. The molecule has 0 saturated heterocycles. The predicted molar refractivity (Wildman–Crippen MR) is 177 cm³/mol. The third kappa shape index (κ3) is 10.7. The summed E-state index contributed by atoms with van der Waals surface area (Å²) in [7, 11) is 0. The lowest BCUT2D eigenvalue weighted by molar-refractivity contribution is -0.192. The van der Waals surface area contributed by atoms with Crippen molar-refractivity contribution < 1.29 is 42.1 Å². The van der Waals surface area contributed by atoms with Crippen LogP contribution in [0.4, 0.5) is 36.1 Å². The molecule has 1 atom stereocenters. The van der Waals surface area contributed by atoms with E-state index in [9.17, 15) is 22.8 Å². The van der Waals surface area contributed by atoms with E-state index in [0.29, 0.717) is 40.9 Å². The zero-order valence-corrected chi connectivity index (χ0v) is 26.6. The lowest BCUT2D eigenvalue weighted by Crippen LogP contribution is -2.33. The van der Waals surface area contributed by atoms with Crippen LogP contribution in [0.25, 0.3) is 10.8 Å². The zero-order valence-electron chi connectivity index (χ0n) is 26.6. The van der Waals surface area contributed by atoms with Gasteiger partial charge < -0.3 is 42.0 Å². The number of halogens is 3. The van der Waals surface area contributed by atoms with Crippen LogP contribution in [-0.4, -0.2) is 46.8 Å². The van der Waals surface area contributed by atoms with Crippen molar-refractivity contribution in [2.45, 2.75) is 52.6 Å². The number of nitrogens with zero attached hydrogens (tertiary/aromatic N) is 1. The summed E-state index contributed by atoms with van der Waals surface area (Å²) < 4.78 is 43.5. The Kier molecular flexibility index (Phi) is 12.4. The number of nitrogen functional groups attached to an aromatic ring is 2. The predicted octanol–water partition coefficient (Wildman–Crippen LogP) is 5.65. The molecule has 0 fully saturated rings. The number of carbonyl (C=O) groups is 3. The van der Waals surface area contributed by atoms with Crippen LogP contribution in [0.15, 0.2) is 66.9 Å². The Labute approximate surface area is 274 Å². The van der Waals surface area contributed by atoms with Gasteiger partial charge in [-0.05, 0) is 91.9 Å². The number of nitrogens with one attached hydrogen (secondary N) is 3. The highest BCUT2D eigenvalue weighted by Crippen LogP contribution is 2.33. The summed E-state index contributed by atoms with van der Waals surface area (Å²) in [6, 6.07) is 17.4. The first-order chi connectivity index (χ1) is 22.6. The molecular formula is C33H37F3N6O6. The summed E-state index contributed by atoms with van der Waals surface area (Å²) >= 11 is 0. The fourth-order valence-corrected chi connectivity index (χ4v) is 4.47. The lowest BCUT2D eigenvalue weighted by atomic mass is 10.0. The Morgan fingerprint density at radius 1 is 0.958 bits per heavy atom. The van der Waals surface area contributed by atoms with Crippen LogP contribution < -0.4 is 36.9 Å². The number of alkyl halides is 3. The van der Waals surface area contributed by atoms with Gasteiger partial charge in [0.15, 0.2) is 11.5 Å². The molecule has 0 aliphatic carbocycles. The molecule has 0 spiro atoms. The number of carboxylic acid groups (broad SMARTS) is 1. The third-order valence-corrected chi connectivity index (χ3v) is 6.38. The van der Waals surface area contributed by atoms with Gasteiger partial charge in [0.2, 0.25) is 11.8 Å². The van der Waals surface area contributed by atoms with Crippen molar-refractivity contribution in [3.05, 3.63) is 78.0 Å². The van der Waals surface area contributed by atoms with Gasteiger partial charge in [-0.3, -0.25) is 9.59 Å². The van der Waals surface area contributed by atoms with E-state index in [1.165, 1.54) is 6.92 Å². The Balaban J connectivity index is 0.000000804. The molecule has 1 unspecified atom stereocenters. The molecule has 0 aliphatic heterocycles.